The van der Waals surface area contributed by atoms with Crippen LogP contribution in [-0.2, 0) is 20.8 Å². The average Bonchev–Trinajstić information content (AvgIpc) is 2.95. The highest BCUT2D eigenvalue weighted by atomic mass is 16.5. The van der Waals surface area contributed by atoms with Crippen molar-refractivity contribution in [3.8, 4) is 11.5 Å². The topological polar surface area (TPSA) is 135 Å². The Morgan fingerprint density at radius 1 is 1.10 bits per heavy atom. The first kappa shape index (κ1) is 30.5. The van der Waals surface area contributed by atoms with Crippen LogP contribution in [0.15, 0.2) is 48.5 Å². The Hall–Kier alpha value is -4.08. The van der Waals surface area contributed by atoms with Gasteiger partial charge in [-0.3, -0.25) is 19.2 Å². The lowest BCUT2D eigenvalue weighted by molar-refractivity contribution is -0.130. The van der Waals surface area contributed by atoms with Gasteiger partial charge in [-0.2, -0.15) is 0 Å². The van der Waals surface area contributed by atoms with Crippen LogP contribution in [-0.4, -0.2) is 62.5 Å². The number of hydrogen-bond acceptors (Lipinski definition) is 6. The number of ether oxygens (including phenoxy) is 2. The summed E-state index contributed by atoms with van der Waals surface area (Å²) in [7, 11) is 1.62. The Labute approximate surface area is 235 Å². The SMILES string of the molecule is COc1cccc(CCCNC(=O)[C@@H]2CCC(=O)N[C@H](C(C)C)C(=O)NCCCOc3ccccc3C(=O)N2)c1. The van der Waals surface area contributed by atoms with Crippen molar-refractivity contribution in [2.24, 2.45) is 5.92 Å². The van der Waals surface area contributed by atoms with Gasteiger partial charge >= 0.3 is 0 Å². The molecule has 2 aromatic carbocycles. The number of aryl methyl sites for hydroxylation is 1. The fraction of sp³-hybridized carbons (Fsp3) is 0.467. The molecule has 1 aliphatic rings. The first-order chi connectivity index (χ1) is 19.3. The summed E-state index contributed by atoms with van der Waals surface area (Å²) in [5.74, 6) is -0.459. The maximum Gasteiger partial charge on any atom is 0.255 e. The summed E-state index contributed by atoms with van der Waals surface area (Å²) in [5.41, 5.74) is 1.38. The van der Waals surface area contributed by atoms with E-state index < -0.39 is 18.0 Å². The van der Waals surface area contributed by atoms with Gasteiger partial charge in [-0.15, -0.1) is 0 Å². The molecule has 0 bridgehead atoms. The van der Waals surface area contributed by atoms with Gasteiger partial charge < -0.3 is 30.7 Å². The van der Waals surface area contributed by atoms with Gasteiger partial charge in [0, 0.05) is 19.5 Å². The molecule has 0 aromatic heterocycles. The van der Waals surface area contributed by atoms with Crippen molar-refractivity contribution in [3.05, 3.63) is 59.7 Å². The lowest BCUT2D eigenvalue weighted by Gasteiger charge is -2.23. The Morgan fingerprint density at radius 3 is 2.67 bits per heavy atom. The van der Waals surface area contributed by atoms with Crippen LogP contribution in [0.25, 0.3) is 0 Å². The Kier molecular flexibility index (Phi) is 11.8. The number of hydrogen-bond donors (Lipinski definition) is 4. The number of rotatable bonds is 7. The van der Waals surface area contributed by atoms with Crippen LogP contribution in [0.1, 0.15) is 55.5 Å². The molecule has 2 aromatic rings. The smallest absolute Gasteiger partial charge is 0.255 e. The first-order valence-electron chi connectivity index (χ1n) is 13.8. The maximum atomic E-state index is 13.2. The summed E-state index contributed by atoms with van der Waals surface area (Å²) in [6, 6.07) is 12.9. The molecule has 4 amide bonds. The van der Waals surface area contributed by atoms with E-state index in [-0.39, 0.29) is 43.1 Å². The van der Waals surface area contributed by atoms with E-state index in [4.69, 9.17) is 9.47 Å². The fourth-order valence-corrected chi connectivity index (χ4v) is 4.37. The quantitative estimate of drug-likeness (QED) is 0.390. The Bertz CT molecular complexity index is 1170. The van der Waals surface area contributed by atoms with Crippen molar-refractivity contribution < 1.29 is 28.7 Å². The third kappa shape index (κ3) is 9.29. The summed E-state index contributed by atoms with van der Waals surface area (Å²) in [5, 5.41) is 11.3. The summed E-state index contributed by atoms with van der Waals surface area (Å²) in [4.78, 5) is 51.9. The average molecular weight is 553 g/mol. The second-order valence-electron chi connectivity index (χ2n) is 10.1. The third-order valence-corrected chi connectivity index (χ3v) is 6.63. The van der Waals surface area contributed by atoms with Crippen LogP contribution >= 0.6 is 0 Å². The number of carbonyl (C=O) groups excluding carboxylic acids is 4. The van der Waals surface area contributed by atoms with E-state index in [1.807, 2.05) is 38.1 Å². The monoisotopic (exact) mass is 552 g/mol. The van der Waals surface area contributed by atoms with Gasteiger partial charge in [0.1, 0.15) is 23.6 Å². The summed E-state index contributed by atoms with van der Waals surface area (Å²) in [6.07, 6.45) is 1.95. The number of para-hydroxylation sites is 1. The molecule has 4 N–H and O–H groups in total. The zero-order valence-corrected chi connectivity index (χ0v) is 23.5. The molecule has 0 unspecified atom stereocenters. The van der Waals surface area contributed by atoms with Crippen LogP contribution in [0, 0.1) is 5.92 Å². The minimum absolute atomic E-state index is 0.0448. The van der Waals surface area contributed by atoms with Crippen molar-refractivity contribution in [1.82, 2.24) is 21.3 Å². The van der Waals surface area contributed by atoms with Gasteiger partial charge in [0.2, 0.25) is 17.7 Å². The summed E-state index contributed by atoms with van der Waals surface area (Å²) >= 11 is 0. The molecule has 0 saturated heterocycles. The second-order valence-corrected chi connectivity index (χ2v) is 10.1. The number of nitrogens with one attached hydrogen (secondary N) is 4. The van der Waals surface area contributed by atoms with Gasteiger partial charge in [-0.25, -0.2) is 0 Å². The molecule has 216 valence electrons. The van der Waals surface area contributed by atoms with Crippen molar-refractivity contribution in [3.63, 3.8) is 0 Å². The zero-order chi connectivity index (χ0) is 28.9. The molecule has 0 radical (unpaired) electrons. The standard InChI is InChI=1S/C30H40N4O6/c1-20(2)27-30(38)32-17-8-18-40-25-13-5-4-12-23(25)28(36)33-24(14-15-26(35)34-27)29(37)31-16-7-10-21-9-6-11-22(19-21)39-3/h4-6,9,11-13,19-20,24,27H,7-8,10,14-18H2,1-3H3,(H,31,37)(H,32,38)(H,33,36)(H,34,35)/t24-,27+/m0/s1. The van der Waals surface area contributed by atoms with Gasteiger partial charge in [0.05, 0.1) is 19.3 Å². The number of carbonyl (C=O) groups is 4. The highest BCUT2D eigenvalue weighted by molar-refractivity contribution is 5.99. The van der Waals surface area contributed by atoms with E-state index in [0.29, 0.717) is 37.2 Å². The van der Waals surface area contributed by atoms with Gasteiger partial charge in [-0.1, -0.05) is 38.1 Å². The third-order valence-electron chi connectivity index (χ3n) is 6.63. The molecule has 0 spiro atoms. The van der Waals surface area contributed by atoms with E-state index >= 15 is 0 Å². The van der Waals surface area contributed by atoms with Crippen LogP contribution in [0.3, 0.4) is 0 Å². The van der Waals surface area contributed by atoms with Crippen LogP contribution in [0.2, 0.25) is 0 Å². The fourth-order valence-electron chi connectivity index (χ4n) is 4.37. The van der Waals surface area contributed by atoms with E-state index in [0.717, 1.165) is 17.7 Å². The zero-order valence-electron chi connectivity index (χ0n) is 23.5. The van der Waals surface area contributed by atoms with E-state index in [9.17, 15) is 19.2 Å². The molecule has 10 nitrogen and oxygen atoms in total. The van der Waals surface area contributed by atoms with Gasteiger partial charge in [-0.05, 0) is 61.4 Å². The molecular formula is C30H40N4O6. The summed E-state index contributed by atoms with van der Waals surface area (Å²) < 4.78 is 11.1. The number of amides is 4. The number of methoxy groups -OCH3 is 1. The number of benzene rings is 2. The predicted octanol–water partition coefficient (Wildman–Crippen LogP) is 2.36. The molecule has 40 heavy (non-hydrogen) atoms. The molecule has 0 aliphatic carbocycles. The maximum absolute atomic E-state index is 13.2. The van der Waals surface area contributed by atoms with Gasteiger partial charge in [0.15, 0.2) is 0 Å². The normalized spacial score (nSPS) is 18.9. The molecule has 10 heteroatoms. The van der Waals surface area contributed by atoms with Gasteiger partial charge in [0.25, 0.3) is 5.91 Å². The first-order valence-corrected chi connectivity index (χ1v) is 13.8. The molecular weight excluding hydrogens is 512 g/mol. The molecule has 2 atom stereocenters. The lowest BCUT2D eigenvalue weighted by atomic mass is 10.0. The molecule has 1 aliphatic heterocycles. The highest BCUT2D eigenvalue weighted by Crippen LogP contribution is 2.19. The van der Waals surface area contributed by atoms with Crippen LogP contribution in [0.5, 0.6) is 11.5 Å². The van der Waals surface area contributed by atoms with E-state index in [1.165, 1.54) is 0 Å². The van der Waals surface area contributed by atoms with Crippen molar-refractivity contribution in [2.45, 2.75) is 58.0 Å². The summed E-state index contributed by atoms with van der Waals surface area (Å²) in [6.45, 7) is 4.74. The molecule has 3 rings (SSSR count). The second kappa shape index (κ2) is 15.5. The molecule has 1 heterocycles. The highest BCUT2D eigenvalue weighted by Gasteiger charge is 2.27. The predicted molar refractivity (Wildman–Crippen MR) is 151 cm³/mol. The number of fused-ring (bicyclic) bond motifs is 1. The molecule has 0 fully saturated rings. The van der Waals surface area contributed by atoms with Crippen molar-refractivity contribution in [2.75, 3.05) is 26.8 Å². The Balaban J connectivity index is 1.71. The van der Waals surface area contributed by atoms with Crippen LogP contribution in [0.4, 0.5) is 0 Å². The lowest BCUT2D eigenvalue weighted by Crippen LogP contribution is -2.51. The van der Waals surface area contributed by atoms with E-state index in [1.54, 1.807) is 31.4 Å². The minimum Gasteiger partial charge on any atom is -0.497 e. The largest absolute Gasteiger partial charge is 0.497 e. The van der Waals surface area contributed by atoms with E-state index in [2.05, 4.69) is 21.3 Å². The van der Waals surface area contributed by atoms with Crippen LogP contribution < -0.4 is 30.7 Å². The Morgan fingerprint density at radius 2 is 1.90 bits per heavy atom. The van der Waals surface area contributed by atoms with Crippen molar-refractivity contribution >= 4 is 23.6 Å². The minimum atomic E-state index is -0.956. The molecule has 0 saturated carbocycles. The van der Waals surface area contributed by atoms with Crippen molar-refractivity contribution in [1.29, 1.82) is 0 Å².